The Bertz CT molecular complexity index is 820. The van der Waals surface area contributed by atoms with Crippen LogP contribution in [0.1, 0.15) is 31.1 Å². The lowest BCUT2D eigenvalue weighted by molar-refractivity contribution is -0.274. The first-order valence-electron chi connectivity index (χ1n) is 7.67. The van der Waals surface area contributed by atoms with Crippen molar-refractivity contribution in [1.82, 2.24) is 0 Å². The number of halogens is 3. The van der Waals surface area contributed by atoms with E-state index in [-0.39, 0.29) is 17.4 Å². The van der Waals surface area contributed by atoms with Crippen molar-refractivity contribution in [2.75, 3.05) is 0 Å². The summed E-state index contributed by atoms with van der Waals surface area (Å²) in [6.45, 7) is 5.26. The monoisotopic (exact) mass is 367 g/mol. The van der Waals surface area contributed by atoms with Gasteiger partial charge in [0.05, 0.1) is 0 Å². The summed E-state index contributed by atoms with van der Waals surface area (Å²) in [4.78, 5) is 28.8. The quantitative estimate of drug-likeness (QED) is 0.454. The number of carbonyl (C=O) groups is 2. The van der Waals surface area contributed by atoms with E-state index in [9.17, 15) is 22.8 Å². The Morgan fingerprint density at radius 2 is 1.81 bits per heavy atom. The van der Waals surface area contributed by atoms with E-state index in [4.69, 9.17) is 4.84 Å². The zero-order valence-corrected chi connectivity index (χ0v) is 14.3. The zero-order valence-electron chi connectivity index (χ0n) is 14.3. The van der Waals surface area contributed by atoms with Gasteiger partial charge in [-0.3, -0.25) is 4.79 Å². The average Bonchev–Trinajstić information content (AvgIpc) is 2.52. The lowest BCUT2D eigenvalue weighted by Crippen LogP contribution is -2.19. The summed E-state index contributed by atoms with van der Waals surface area (Å²) in [5.41, 5.74) is 0.796. The van der Waals surface area contributed by atoms with Gasteiger partial charge in [0.2, 0.25) is 0 Å². The minimum absolute atomic E-state index is 0.0614. The smallest absolute Gasteiger partial charge is 0.405 e. The molecule has 26 heavy (non-hydrogen) atoms. The number of ketones is 1. The van der Waals surface area contributed by atoms with E-state index < -0.39 is 23.6 Å². The summed E-state index contributed by atoms with van der Waals surface area (Å²) in [6, 6.07) is 4.79. The number of rotatable bonds is 4. The number of carbonyl (C=O) groups excluding carboxylic acids is 2. The normalized spacial score (nSPS) is 16.4. The van der Waals surface area contributed by atoms with Gasteiger partial charge in [-0.2, -0.15) is 0 Å². The molecule has 5 nitrogen and oxygen atoms in total. The van der Waals surface area contributed by atoms with E-state index in [0.29, 0.717) is 11.1 Å². The van der Waals surface area contributed by atoms with Gasteiger partial charge in [0.1, 0.15) is 17.0 Å². The molecule has 8 heteroatoms. The first-order chi connectivity index (χ1) is 12.1. The predicted octanol–water partition coefficient (Wildman–Crippen LogP) is 4.21. The SMILES string of the molecule is CC1=CC(=O)C(C(C)C)=CC1=NOC(=O)c1ccccc1OC(F)(F)F. The Hall–Kier alpha value is -2.90. The molecule has 0 saturated heterocycles. The maximum Gasteiger partial charge on any atom is 0.573 e. The Kier molecular flexibility index (Phi) is 5.64. The van der Waals surface area contributed by atoms with Crippen LogP contribution in [-0.2, 0) is 9.63 Å². The highest BCUT2D eigenvalue weighted by Crippen LogP contribution is 2.27. The number of benzene rings is 1. The summed E-state index contributed by atoms with van der Waals surface area (Å²) in [5.74, 6) is -2.02. The van der Waals surface area contributed by atoms with E-state index >= 15 is 0 Å². The lowest BCUT2D eigenvalue weighted by Gasteiger charge is -2.15. The van der Waals surface area contributed by atoms with Crippen molar-refractivity contribution in [1.29, 1.82) is 0 Å². The zero-order chi connectivity index (χ0) is 19.5. The van der Waals surface area contributed by atoms with E-state index in [1.54, 1.807) is 6.92 Å². The minimum atomic E-state index is -4.94. The van der Waals surface area contributed by atoms with Crippen LogP contribution in [0.15, 0.2) is 52.7 Å². The van der Waals surface area contributed by atoms with Crippen LogP contribution in [0.25, 0.3) is 0 Å². The van der Waals surface area contributed by atoms with Gasteiger partial charge in [0.15, 0.2) is 5.78 Å². The van der Waals surface area contributed by atoms with E-state index in [0.717, 1.165) is 12.1 Å². The highest BCUT2D eigenvalue weighted by atomic mass is 19.4. The topological polar surface area (TPSA) is 65.0 Å². The van der Waals surface area contributed by atoms with Crippen molar-refractivity contribution < 1.29 is 32.3 Å². The lowest BCUT2D eigenvalue weighted by atomic mass is 9.90. The average molecular weight is 367 g/mol. The van der Waals surface area contributed by atoms with Crippen molar-refractivity contribution in [3.05, 3.63) is 53.1 Å². The molecule has 1 aliphatic rings. The van der Waals surface area contributed by atoms with Crippen molar-refractivity contribution in [3.63, 3.8) is 0 Å². The molecule has 0 saturated carbocycles. The second kappa shape index (κ2) is 7.55. The summed E-state index contributed by atoms with van der Waals surface area (Å²) < 4.78 is 41.1. The molecule has 0 spiro atoms. The van der Waals surface area contributed by atoms with Gasteiger partial charge in [-0.25, -0.2) is 4.79 Å². The van der Waals surface area contributed by atoms with E-state index in [2.05, 4.69) is 9.89 Å². The molecule has 0 radical (unpaired) electrons. The minimum Gasteiger partial charge on any atom is -0.405 e. The van der Waals surface area contributed by atoms with Gasteiger partial charge in [-0.05, 0) is 42.7 Å². The van der Waals surface area contributed by atoms with Gasteiger partial charge >= 0.3 is 12.3 Å². The molecular formula is C18H16F3NO4. The third kappa shape index (κ3) is 4.81. The van der Waals surface area contributed by atoms with Crippen LogP contribution in [0.3, 0.4) is 0 Å². The van der Waals surface area contributed by atoms with Crippen LogP contribution >= 0.6 is 0 Å². The van der Waals surface area contributed by atoms with Crippen LogP contribution < -0.4 is 4.74 Å². The standard InChI is InChI=1S/C18H16F3NO4/c1-10(2)13-9-14(11(3)8-15(13)23)22-26-17(24)12-6-4-5-7-16(12)25-18(19,20)21/h4-10H,1-3H3. The molecule has 0 aromatic heterocycles. The first kappa shape index (κ1) is 19.4. The summed E-state index contributed by atoms with van der Waals surface area (Å²) in [6.07, 6.45) is -2.09. The largest absolute Gasteiger partial charge is 0.573 e. The molecule has 2 rings (SSSR count). The maximum absolute atomic E-state index is 12.4. The Labute approximate surface area is 147 Å². The third-order valence-electron chi connectivity index (χ3n) is 3.51. The molecule has 0 atom stereocenters. The molecule has 1 aliphatic carbocycles. The first-order valence-corrected chi connectivity index (χ1v) is 7.67. The van der Waals surface area contributed by atoms with Crippen LogP contribution in [0.2, 0.25) is 0 Å². The van der Waals surface area contributed by atoms with Gasteiger partial charge in [0.25, 0.3) is 0 Å². The number of oxime groups is 1. The number of para-hydroxylation sites is 1. The number of alkyl halides is 3. The van der Waals surface area contributed by atoms with Crippen LogP contribution in [-0.4, -0.2) is 23.8 Å². The number of hydrogen-bond acceptors (Lipinski definition) is 5. The number of hydrogen-bond donors (Lipinski definition) is 0. The number of nitrogens with zero attached hydrogens (tertiary/aromatic N) is 1. The predicted molar refractivity (Wildman–Crippen MR) is 87.7 cm³/mol. The number of allylic oxidation sites excluding steroid dienone is 4. The second-order valence-electron chi connectivity index (χ2n) is 5.85. The summed E-state index contributed by atoms with van der Waals surface area (Å²) in [7, 11) is 0. The van der Waals surface area contributed by atoms with Crippen LogP contribution in [0.4, 0.5) is 13.2 Å². The van der Waals surface area contributed by atoms with Gasteiger partial charge in [-0.15, -0.1) is 13.2 Å². The molecule has 0 bridgehead atoms. The Balaban J connectivity index is 2.25. The fourth-order valence-electron chi connectivity index (χ4n) is 2.22. The van der Waals surface area contributed by atoms with Gasteiger partial charge < -0.3 is 9.57 Å². The highest BCUT2D eigenvalue weighted by molar-refractivity contribution is 6.21. The van der Waals surface area contributed by atoms with Crippen molar-refractivity contribution >= 4 is 17.5 Å². The Morgan fingerprint density at radius 1 is 1.15 bits per heavy atom. The van der Waals surface area contributed by atoms with E-state index in [1.165, 1.54) is 24.3 Å². The molecule has 0 fully saturated rings. The van der Waals surface area contributed by atoms with Crippen LogP contribution in [0, 0.1) is 5.92 Å². The second-order valence-corrected chi connectivity index (χ2v) is 5.85. The maximum atomic E-state index is 12.4. The fourth-order valence-corrected chi connectivity index (χ4v) is 2.22. The Morgan fingerprint density at radius 3 is 2.42 bits per heavy atom. The number of ether oxygens (including phenoxy) is 1. The molecule has 0 heterocycles. The molecule has 0 unspecified atom stereocenters. The van der Waals surface area contributed by atoms with Crippen molar-refractivity contribution in [2.45, 2.75) is 27.1 Å². The van der Waals surface area contributed by atoms with E-state index in [1.807, 2.05) is 13.8 Å². The molecule has 0 aliphatic heterocycles. The summed E-state index contributed by atoms with van der Waals surface area (Å²) >= 11 is 0. The highest BCUT2D eigenvalue weighted by Gasteiger charge is 2.33. The fraction of sp³-hybridized carbons (Fsp3) is 0.278. The molecule has 138 valence electrons. The molecule has 0 N–H and O–H groups in total. The molecule has 0 amide bonds. The van der Waals surface area contributed by atoms with Crippen molar-refractivity contribution in [3.8, 4) is 5.75 Å². The van der Waals surface area contributed by atoms with Gasteiger partial charge in [0, 0.05) is 5.57 Å². The van der Waals surface area contributed by atoms with Crippen molar-refractivity contribution in [2.24, 2.45) is 11.1 Å². The molecular weight excluding hydrogens is 351 g/mol. The molecule has 1 aromatic carbocycles. The summed E-state index contributed by atoms with van der Waals surface area (Å²) in [5, 5.41) is 3.68. The molecule has 1 aromatic rings. The van der Waals surface area contributed by atoms with Gasteiger partial charge in [-0.1, -0.05) is 31.1 Å². The van der Waals surface area contributed by atoms with Crippen LogP contribution in [0.5, 0.6) is 5.75 Å². The third-order valence-corrected chi connectivity index (χ3v) is 3.51.